The van der Waals surface area contributed by atoms with E-state index in [0.29, 0.717) is 9.13 Å². The molecule has 1 aliphatic heterocycles. The number of nitrogens with two attached hydrogens (primary N) is 1. The normalized spacial score (nSPS) is 14.6. The molecule has 1 saturated heterocycles. The van der Waals surface area contributed by atoms with Crippen LogP contribution in [0.2, 0.25) is 0 Å². The van der Waals surface area contributed by atoms with E-state index < -0.39 is 29.7 Å². The summed E-state index contributed by atoms with van der Waals surface area (Å²) in [6.07, 6.45) is 1.29. The van der Waals surface area contributed by atoms with Gasteiger partial charge in [0.2, 0.25) is 0 Å². The van der Waals surface area contributed by atoms with Gasteiger partial charge in [-0.3, -0.25) is 19.7 Å². The van der Waals surface area contributed by atoms with Crippen molar-refractivity contribution in [3.63, 3.8) is 0 Å². The van der Waals surface area contributed by atoms with Crippen LogP contribution in [0.15, 0.2) is 42.0 Å². The highest BCUT2D eigenvalue weighted by molar-refractivity contribution is 14.1. The number of imide groups is 2. The predicted octanol–water partition coefficient (Wildman–Crippen LogP) is 1.62. The quantitative estimate of drug-likeness (QED) is 0.217. The Hall–Kier alpha value is -3.94. The number of carbonyl (C=O) groups is 5. The minimum absolute atomic E-state index is 0.149. The van der Waals surface area contributed by atoms with Crippen molar-refractivity contribution in [2.24, 2.45) is 5.73 Å². The van der Waals surface area contributed by atoms with Crippen LogP contribution in [-0.4, -0.2) is 50.5 Å². The molecule has 1 fully saturated rings. The van der Waals surface area contributed by atoms with Crippen LogP contribution in [0.1, 0.15) is 15.9 Å². The number of esters is 1. The molecule has 0 aromatic heterocycles. The van der Waals surface area contributed by atoms with Gasteiger partial charge in [-0.05, 0) is 70.6 Å². The molecule has 2 aromatic carbocycles. The number of nitrogens with zero attached hydrogens (tertiary/aromatic N) is 1. The lowest BCUT2D eigenvalue weighted by Crippen LogP contribution is -2.54. The number of hydrogen-bond donors (Lipinski definition) is 2. The summed E-state index contributed by atoms with van der Waals surface area (Å²) in [4.78, 5) is 61.4. The van der Waals surface area contributed by atoms with Gasteiger partial charge in [0.15, 0.2) is 18.1 Å². The van der Waals surface area contributed by atoms with Gasteiger partial charge in [-0.15, -0.1) is 0 Å². The Kier molecular flexibility index (Phi) is 7.50. The van der Waals surface area contributed by atoms with Crippen LogP contribution in [-0.2, 0) is 19.1 Å². The van der Waals surface area contributed by atoms with Crippen LogP contribution >= 0.6 is 22.6 Å². The molecule has 0 saturated carbocycles. The van der Waals surface area contributed by atoms with E-state index in [0.717, 1.165) is 4.90 Å². The largest absolute Gasteiger partial charge is 0.493 e. The Balaban J connectivity index is 1.96. The molecule has 12 heteroatoms. The third kappa shape index (κ3) is 5.17. The van der Waals surface area contributed by atoms with Crippen molar-refractivity contribution in [3.05, 3.63) is 56.7 Å². The Morgan fingerprint density at radius 1 is 1.12 bits per heavy atom. The van der Waals surface area contributed by atoms with Crippen LogP contribution in [0, 0.1) is 3.57 Å². The second-order valence-corrected chi connectivity index (χ2v) is 7.95. The Morgan fingerprint density at radius 2 is 1.79 bits per heavy atom. The van der Waals surface area contributed by atoms with Gasteiger partial charge in [-0.1, -0.05) is 0 Å². The summed E-state index contributed by atoms with van der Waals surface area (Å²) in [6, 6.07) is 7.71. The van der Waals surface area contributed by atoms with Gasteiger partial charge in [-0.2, -0.15) is 0 Å². The van der Waals surface area contributed by atoms with Crippen molar-refractivity contribution in [3.8, 4) is 11.5 Å². The highest BCUT2D eigenvalue weighted by atomic mass is 127. The van der Waals surface area contributed by atoms with Crippen molar-refractivity contribution in [2.45, 2.75) is 0 Å². The van der Waals surface area contributed by atoms with Crippen LogP contribution in [0.3, 0.4) is 0 Å². The Morgan fingerprint density at radius 3 is 2.38 bits per heavy atom. The van der Waals surface area contributed by atoms with E-state index in [9.17, 15) is 24.0 Å². The standard InChI is InChI=1S/C22H18IN3O8/c1-32-16-9-11(8-15(23)18(16)34-10-17(24)27)7-14-19(28)25-22(31)26(20(14)29)13-5-3-12(4-6-13)21(30)33-2/h3-9H,10H2,1-2H3,(H2,24,27)(H,25,28,31)/b14-7+. The topological polar surface area (TPSA) is 154 Å². The summed E-state index contributed by atoms with van der Waals surface area (Å²) in [6.45, 7) is -0.362. The molecular formula is C22H18IN3O8. The van der Waals surface area contributed by atoms with E-state index in [1.807, 2.05) is 22.6 Å². The van der Waals surface area contributed by atoms with Crippen molar-refractivity contribution in [1.29, 1.82) is 0 Å². The van der Waals surface area contributed by atoms with Crippen molar-refractivity contribution < 1.29 is 38.2 Å². The lowest BCUT2D eigenvalue weighted by molar-refractivity contribution is -0.123. The molecule has 0 unspecified atom stereocenters. The van der Waals surface area contributed by atoms with E-state index in [1.54, 1.807) is 6.07 Å². The summed E-state index contributed by atoms with van der Waals surface area (Å²) in [5.41, 5.74) is 5.59. The number of halogens is 1. The zero-order valence-corrected chi connectivity index (χ0v) is 20.1. The second kappa shape index (κ2) is 10.3. The van der Waals surface area contributed by atoms with E-state index in [-0.39, 0.29) is 34.9 Å². The SMILES string of the molecule is COC(=O)c1ccc(N2C(=O)NC(=O)/C(=C\c3cc(I)c(OCC(N)=O)c(OC)c3)C2=O)cc1. The lowest BCUT2D eigenvalue weighted by atomic mass is 10.1. The number of amides is 5. The van der Waals surface area contributed by atoms with Gasteiger partial charge in [0.05, 0.1) is 29.0 Å². The third-order valence-corrected chi connectivity index (χ3v) is 5.37. The molecule has 176 valence electrons. The first-order valence-electron chi connectivity index (χ1n) is 9.54. The highest BCUT2D eigenvalue weighted by Gasteiger charge is 2.37. The zero-order valence-electron chi connectivity index (χ0n) is 17.9. The maximum atomic E-state index is 13.1. The first kappa shape index (κ1) is 24.7. The molecule has 1 heterocycles. The molecule has 34 heavy (non-hydrogen) atoms. The van der Waals surface area contributed by atoms with E-state index in [1.165, 1.54) is 50.6 Å². The second-order valence-electron chi connectivity index (χ2n) is 6.79. The molecule has 0 aliphatic carbocycles. The maximum Gasteiger partial charge on any atom is 0.337 e. The smallest absolute Gasteiger partial charge is 0.337 e. The zero-order chi connectivity index (χ0) is 25.0. The van der Waals surface area contributed by atoms with E-state index >= 15 is 0 Å². The van der Waals surface area contributed by atoms with Crippen LogP contribution in [0.25, 0.3) is 6.08 Å². The minimum Gasteiger partial charge on any atom is -0.493 e. The fourth-order valence-corrected chi connectivity index (χ4v) is 3.81. The summed E-state index contributed by atoms with van der Waals surface area (Å²) < 4.78 is 15.8. The van der Waals surface area contributed by atoms with Gasteiger partial charge >= 0.3 is 12.0 Å². The number of ether oxygens (including phenoxy) is 3. The maximum absolute atomic E-state index is 13.1. The van der Waals surface area contributed by atoms with E-state index in [2.05, 4.69) is 10.1 Å². The molecule has 5 amide bonds. The summed E-state index contributed by atoms with van der Waals surface area (Å²) in [5, 5.41) is 2.12. The molecule has 0 atom stereocenters. The third-order valence-electron chi connectivity index (χ3n) is 4.57. The number of hydrogen-bond acceptors (Lipinski definition) is 8. The van der Waals surface area contributed by atoms with Crippen LogP contribution < -0.4 is 25.4 Å². The molecule has 11 nitrogen and oxygen atoms in total. The number of nitrogens with one attached hydrogen (secondary N) is 1. The average Bonchev–Trinajstić information content (AvgIpc) is 2.80. The summed E-state index contributed by atoms with van der Waals surface area (Å²) in [5.74, 6) is -2.47. The fraction of sp³-hybridized carbons (Fsp3) is 0.136. The van der Waals surface area contributed by atoms with Gasteiger partial charge in [0, 0.05) is 0 Å². The molecule has 1 aliphatic rings. The lowest BCUT2D eigenvalue weighted by Gasteiger charge is -2.26. The molecule has 0 radical (unpaired) electrons. The van der Waals surface area contributed by atoms with Crippen LogP contribution in [0.5, 0.6) is 11.5 Å². The fourth-order valence-electron chi connectivity index (χ4n) is 3.03. The summed E-state index contributed by atoms with van der Waals surface area (Å²) in [7, 11) is 2.61. The van der Waals surface area contributed by atoms with Gasteiger partial charge in [-0.25, -0.2) is 14.5 Å². The van der Waals surface area contributed by atoms with Gasteiger partial charge < -0.3 is 19.9 Å². The predicted molar refractivity (Wildman–Crippen MR) is 127 cm³/mol. The molecule has 2 aromatic rings. The molecule has 0 bridgehead atoms. The van der Waals surface area contributed by atoms with Gasteiger partial charge in [0.1, 0.15) is 5.57 Å². The number of benzene rings is 2. The van der Waals surface area contributed by atoms with Crippen LogP contribution in [0.4, 0.5) is 10.5 Å². The molecular weight excluding hydrogens is 561 g/mol. The first-order valence-corrected chi connectivity index (χ1v) is 10.6. The first-order chi connectivity index (χ1) is 16.2. The minimum atomic E-state index is -0.930. The molecule has 0 spiro atoms. The number of primary amides is 1. The Labute approximate surface area is 207 Å². The number of urea groups is 1. The highest BCUT2D eigenvalue weighted by Crippen LogP contribution is 2.35. The monoisotopic (exact) mass is 579 g/mol. The number of carbonyl (C=O) groups excluding carboxylic acids is 5. The van der Waals surface area contributed by atoms with Crippen molar-refractivity contribution in [1.82, 2.24) is 5.32 Å². The number of barbiturate groups is 1. The van der Waals surface area contributed by atoms with E-state index in [4.69, 9.17) is 15.2 Å². The molecule has 3 rings (SSSR count). The number of anilines is 1. The Bertz CT molecular complexity index is 1220. The summed E-state index contributed by atoms with van der Waals surface area (Å²) >= 11 is 1.94. The van der Waals surface area contributed by atoms with Crippen molar-refractivity contribution >= 4 is 64.1 Å². The number of rotatable bonds is 7. The molecule has 3 N–H and O–H groups in total. The number of methoxy groups -OCH3 is 2. The van der Waals surface area contributed by atoms with Crippen molar-refractivity contribution in [2.75, 3.05) is 25.7 Å². The van der Waals surface area contributed by atoms with Gasteiger partial charge in [0.25, 0.3) is 17.7 Å². The average molecular weight is 579 g/mol.